The number of hydrogen-bond donors (Lipinski definition) is 3. The Morgan fingerprint density at radius 1 is 1.32 bits per heavy atom. The molecule has 1 aromatic heterocycles. The fourth-order valence-electron chi connectivity index (χ4n) is 4.35. The first-order valence-electron chi connectivity index (χ1n) is 9.93. The monoisotopic (exact) mass is 400 g/mol. The highest BCUT2D eigenvalue weighted by molar-refractivity contribution is 7.16. The van der Waals surface area contributed by atoms with Gasteiger partial charge in [0.1, 0.15) is 11.2 Å². The maximum absolute atomic E-state index is 12.9. The van der Waals surface area contributed by atoms with E-state index >= 15 is 0 Å². The lowest BCUT2D eigenvalue weighted by Crippen LogP contribution is -2.38. The molecule has 4 rings (SSSR count). The van der Waals surface area contributed by atoms with Crippen LogP contribution in [-0.2, 0) is 12.8 Å². The Morgan fingerprint density at radius 2 is 2.11 bits per heavy atom. The van der Waals surface area contributed by atoms with Gasteiger partial charge in [-0.15, -0.1) is 11.3 Å². The lowest BCUT2D eigenvalue weighted by atomic mass is 9.69. The molecule has 0 radical (unpaired) electrons. The number of carbonyl (C=O) groups is 1. The van der Waals surface area contributed by atoms with E-state index in [9.17, 15) is 9.90 Å². The van der Waals surface area contributed by atoms with Crippen molar-refractivity contribution in [2.75, 3.05) is 12.4 Å². The molecule has 150 valence electrons. The molecule has 0 unspecified atom stereocenters. The molecule has 1 amide bonds. The zero-order valence-electron chi connectivity index (χ0n) is 16.9. The predicted molar refractivity (Wildman–Crippen MR) is 112 cm³/mol. The summed E-state index contributed by atoms with van der Waals surface area (Å²) in [6.07, 6.45) is 3.81. The summed E-state index contributed by atoms with van der Waals surface area (Å²) in [4.78, 5) is 14.3. The smallest absolute Gasteiger partial charge is 0.256 e. The summed E-state index contributed by atoms with van der Waals surface area (Å²) in [5.74, 6) is 1.03. The van der Waals surface area contributed by atoms with E-state index in [4.69, 9.17) is 4.74 Å². The summed E-state index contributed by atoms with van der Waals surface area (Å²) in [7, 11) is 1.52. The number of phenols is 1. The number of fused-ring (bicyclic) bond motifs is 3. The number of ether oxygens (including phenoxy) is 1. The zero-order chi connectivity index (χ0) is 20.1. The van der Waals surface area contributed by atoms with Gasteiger partial charge < -0.3 is 20.5 Å². The van der Waals surface area contributed by atoms with Crippen LogP contribution in [-0.4, -0.2) is 18.1 Å². The van der Waals surface area contributed by atoms with Crippen LogP contribution in [0.2, 0.25) is 0 Å². The fourth-order valence-corrected chi connectivity index (χ4v) is 5.70. The van der Waals surface area contributed by atoms with Crippen LogP contribution in [0, 0.1) is 11.3 Å². The minimum atomic E-state index is -0.474. The van der Waals surface area contributed by atoms with Gasteiger partial charge in [0.15, 0.2) is 11.5 Å². The number of benzene rings is 1. The van der Waals surface area contributed by atoms with Gasteiger partial charge in [-0.05, 0) is 42.2 Å². The number of nitrogens with one attached hydrogen (secondary N) is 2. The largest absolute Gasteiger partial charge is 0.504 e. The van der Waals surface area contributed by atoms with Crippen LogP contribution >= 0.6 is 11.3 Å². The highest BCUT2D eigenvalue weighted by Gasteiger charge is 2.37. The van der Waals surface area contributed by atoms with Crippen LogP contribution in [0.3, 0.4) is 0 Å². The first kappa shape index (κ1) is 19.1. The van der Waals surface area contributed by atoms with Crippen molar-refractivity contribution in [2.24, 2.45) is 11.3 Å². The molecule has 2 heterocycles. The average molecular weight is 401 g/mol. The van der Waals surface area contributed by atoms with Gasteiger partial charge in [0.05, 0.1) is 12.7 Å². The number of amides is 1. The zero-order valence-corrected chi connectivity index (χ0v) is 17.7. The van der Waals surface area contributed by atoms with Crippen LogP contribution < -0.4 is 15.4 Å². The van der Waals surface area contributed by atoms with Gasteiger partial charge in [-0.1, -0.05) is 39.3 Å². The second-order valence-corrected chi connectivity index (χ2v) is 9.54. The van der Waals surface area contributed by atoms with E-state index in [0.717, 1.165) is 36.2 Å². The normalized spacial score (nSPS) is 21.4. The molecule has 1 aromatic carbocycles. The number of methoxy groups -OCH3 is 1. The first-order valence-corrected chi connectivity index (χ1v) is 10.7. The Bertz CT molecular complexity index is 919. The number of aromatic hydroxyl groups is 1. The molecule has 0 saturated heterocycles. The van der Waals surface area contributed by atoms with Crippen molar-refractivity contribution >= 4 is 22.2 Å². The Morgan fingerprint density at radius 3 is 2.82 bits per heavy atom. The lowest BCUT2D eigenvalue weighted by Gasteiger charge is -2.36. The molecule has 3 N–H and O–H groups in total. The minimum absolute atomic E-state index is 0.0531. The second kappa shape index (κ2) is 6.99. The van der Waals surface area contributed by atoms with Crippen LogP contribution in [0.4, 0.5) is 5.00 Å². The maximum atomic E-state index is 12.9. The third-order valence-electron chi connectivity index (χ3n) is 6.62. The summed E-state index contributed by atoms with van der Waals surface area (Å²) < 4.78 is 5.21. The van der Waals surface area contributed by atoms with Gasteiger partial charge in [0.2, 0.25) is 0 Å². The van der Waals surface area contributed by atoms with Crippen molar-refractivity contribution in [2.45, 2.75) is 52.6 Å². The summed E-state index contributed by atoms with van der Waals surface area (Å²) in [5.41, 5.74) is 2.93. The highest BCUT2D eigenvalue weighted by atomic mass is 32.1. The molecule has 0 saturated carbocycles. The van der Waals surface area contributed by atoms with E-state index in [2.05, 4.69) is 31.4 Å². The van der Waals surface area contributed by atoms with Crippen molar-refractivity contribution < 1.29 is 14.6 Å². The van der Waals surface area contributed by atoms with Gasteiger partial charge in [-0.2, -0.15) is 0 Å². The summed E-state index contributed by atoms with van der Waals surface area (Å²) in [6, 6.07) is 5.32. The fraction of sp³-hybridized carbons (Fsp3) is 0.500. The second-order valence-electron chi connectivity index (χ2n) is 8.44. The van der Waals surface area contributed by atoms with E-state index in [1.54, 1.807) is 23.5 Å². The summed E-state index contributed by atoms with van der Waals surface area (Å²) >= 11 is 1.70. The molecule has 28 heavy (non-hydrogen) atoms. The number of anilines is 1. The van der Waals surface area contributed by atoms with Crippen LogP contribution in [0.15, 0.2) is 18.2 Å². The van der Waals surface area contributed by atoms with Crippen LogP contribution in [0.25, 0.3) is 0 Å². The van der Waals surface area contributed by atoms with Gasteiger partial charge >= 0.3 is 0 Å². The molecule has 1 aliphatic heterocycles. The summed E-state index contributed by atoms with van der Waals surface area (Å²) in [6.45, 7) is 6.96. The molecule has 0 spiro atoms. The molecule has 2 atom stereocenters. The molecule has 2 aromatic rings. The average Bonchev–Trinajstić information content (AvgIpc) is 3.06. The molecule has 2 aliphatic rings. The predicted octanol–water partition coefficient (Wildman–Crippen LogP) is 4.86. The third kappa shape index (κ3) is 3.04. The van der Waals surface area contributed by atoms with E-state index in [0.29, 0.717) is 22.6 Å². The molecular weight excluding hydrogens is 372 g/mol. The van der Waals surface area contributed by atoms with Crippen molar-refractivity contribution in [1.82, 2.24) is 5.32 Å². The molecule has 5 nitrogen and oxygen atoms in total. The molecule has 1 aliphatic carbocycles. The van der Waals surface area contributed by atoms with Crippen molar-refractivity contribution in [1.29, 1.82) is 0 Å². The number of thiophene rings is 1. The standard InChI is InChI=1S/C22H28N2O3S/c1-5-22(2,3)12-9-10-13-16(11-12)28-21-17(13)20(26)23-19(24-21)14-7-6-8-15(27-4)18(14)25/h6-8,12,19,24-25H,5,9-11H2,1-4H3,(H,23,26)/t12-,19+/m1/s1. The lowest BCUT2D eigenvalue weighted by molar-refractivity contribution is 0.0934. The van der Waals surface area contributed by atoms with Crippen molar-refractivity contribution in [3.63, 3.8) is 0 Å². The maximum Gasteiger partial charge on any atom is 0.256 e. The van der Waals surface area contributed by atoms with Gasteiger partial charge in [-0.25, -0.2) is 0 Å². The molecule has 0 fully saturated rings. The first-order chi connectivity index (χ1) is 13.4. The third-order valence-corrected chi connectivity index (χ3v) is 7.81. The van der Waals surface area contributed by atoms with Crippen molar-refractivity contribution in [3.05, 3.63) is 39.8 Å². The number of carbonyl (C=O) groups excluding carboxylic acids is 1. The van der Waals surface area contributed by atoms with Crippen LogP contribution in [0.1, 0.15) is 66.1 Å². The number of rotatable bonds is 4. The Balaban J connectivity index is 1.65. The van der Waals surface area contributed by atoms with E-state index in [-0.39, 0.29) is 11.7 Å². The van der Waals surface area contributed by atoms with Gasteiger partial charge in [0, 0.05) is 10.4 Å². The van der Waals surface area contributed by atoms with Crippen LogP contribution in [0.5, 0.6) is 11.5 Å². The van der Waals surface area contributed by atoms with Gasteiger partial charge in [-0.3, -0.25) is 4.79 Å². The SMILES string of the molecule is CCC(C)(C)[C@@H]1CCc2c(sc3c2C(=O)N[C@H](c2cccc(OC)c2O)N3)C1. The Labute approximate surface area is 170 Å². The number of hydrogen-bond acceptors (Lipinski definition) is 5. The Kier molecular flexibility index (Phi) is 4.78. The number of para-hydroxylation sites is 1. The summed E-state index contributed by atoms with van der Waals surface area (Å²) in [5, 5.41) is 17.8. The number of phenolic OH excluding ortho intramolecular Hbond substituents is 1. The van der Waals surface area contributed by atoms with Gasteiger partial charge in [0.25, 0.3) is 5.91 Å². The van der Waals surface area contributed by atoms with Crippen molar-refractivity contribution in [3.8, 4) is 11.5 Å². The minimum Gasteiger partial charge on any atom is -0.504 e. The quantitative estimate of drug-likeness (QED) is 0.686. The highest BCUT2D eigenvalue weighted by Crippen LogP contribution is 2.47. The van der Waals surface area contributed by atoms with E-state index in [1.165, 1.54) is 17.6 Å². The van der Waals surface area contributed by atoms with E-state index in [1.807, 2.05) is 6.07 Å². The topological polar surface area (TPSA) is 70.6 Å². The molecular formula is C22H28N2O3S. The molecule has 0 bridgehead atoms. The Hall–Kier alpha value is -2.21. The van der Waals surface area contributed by atoms with E-state index < -0.39 is 6.17 Å². The molecule has 6 heteroatoms.